The van der Waals surface area contributed by atoms with Gasteiger partial charge in [-0.1, -0.05) is 6.92 Å². The van der Waals surface area contributed by atoms with Gasteiger partial charge in [0.2, 0.25) is 0 Å². The first-order valence-corrected chi connectivity index (χ1v) is 10.7. The molecule has 1 atom stereocenters. The summed E-state index contributed by atoms with van der Waals surface area (Å²) < 4.78 is 11.1. The topological polar surface area (TPSA) is 94.5 Å². The molecule has 0 amide bonds. The van der Waals surface area contributed by atoms with Gasteiger partial charge in [-0.05, 0) is 31.2 Å². The van der Waals surface area contributed by atoms with Gasteiger partial charge in [0, 0.05) is 50.6 Å². The van der Waals surface area contributed by atoms with E-state index in [9.17, 15) is 4.79 Å². The van der Waals surface area contributed by atoms with E-state index in [-0.39, 0.29) is 5.56 Å². The van der Waals surface area contributed by atoms with Gasteiger partial charge in [0.25, 0.3) is 5.56 Å². The molecule has 1 saturated heterocycles. The van der Waals surface area contributed by atoms with Gasteiger partial charge in [-0.2, -0.15) is 15.3 Å². The average molecular weight is 435 g/mol. The molecule has 1 aliphatic rings. The average Bonchev–Trinajstić information content (AvgIpc) is 3.32. The Labute approximate surface area is 185 Å². The van der Waals surface area contributed by atoms with Crippen LogP contribution in [0, 0.1) is 0 Å². The maximum atomic E-state index is 11.5. The molecule has 0 saturated carbocycles. The molecule has 0 unspecified atom stereocenters. The van der Waals surface area contributed by atoms with Gasteiger partial charge >= 0.3 is 0 Å². The van der Waals surface area contributed by atoms with Crippen molar-refractivity contribution in [3.05, 3.63) is 53.1 Å². The van der Waals surface area contributed by atoms with Crippen molar-refractivity contribution in [2.45, 2.75) is 19.4 Å². The number of likely N-dealkylation sites (tertiary alicyclic amines) is 1. The summed E-state index contributed by atoms with van der Waals surface area (Å²) in [6.45, 7) is 5.05. The summed E-state index contributed by atoms with van der Waals surface area (Å²) in [5.41, 5.74) is 2.69. The molecule has 0 spiro atoms. The highest BCUT2D eigenvalue weighted by Crippen LogP contribution is 2.31. The fraction of sp³-hybridized carbons (Fsp3) is 0.364. The summed E-state index contributed by atoms with van der Waals surface area (Å²) >= 11 is 0. The molecule has 32 heavy (non-hydrogen) atoms. The van der Waals surface area contributed by atoms with Crippen molar-refractivity contribution in [3.8, 4) is 17.0 Å². The number of nitrogens with zero attached hydrogens (tertiary/aromatic N) is 7. The number of nitrogens with one attached hydrogen (secondary N) is 1. The van der Waals surface area contributed by atoms with Crippen molar-refractivity contribution < 1.29 is 4.74 Å². The number of aryl methyl sites for hydroxylation is 2. The number of rotatable bonds is 7. The number of likely N-dealkylation sites (N-methyl/N-ethyl adjacent to an activating group) is 1. The maximum Gasteiger partial charge on any atom is 0.266 e. The van der Waals surface area contributed by atoms with Crippen molar-refractivity contribution in [1.29, 1.82) is 0 Å². The Morgan fingerprint density at radius 1 is 1.12 bits per heavy atom. The van der Waals surface area contributed by atoms with E-state index in [1.54, 1.807) is 23.8 Å². The Hall–Kier alpha value is -3.66. The van der Waals surface area contributed by atoms with Gasteiger partial charge in [0.15, 0.2) is 17.4 Å². The summed E-state index contributed by atoms with van der Waals surface area (Å²) in [6.07, 6.45) is 4.86. The fourth-order valence-corrected chi connectivity index (χ4v) is 4.04. The largest absolute Gasteiger partial charge is 0.488 e. The van der Waals surface area contributed by atoms with E-state index < -0.39 is 0 Å². The third-order valence-electron chi connectivity index (χ3n) is 5.96. The summed E-state index contributed by atoms with van der Waals surface area (Å²) in [5, 5.41) is 16.3. The second-order valence-corrected chi connectivity index (χ2v) is 7.98. The molecule has 0 bridgehead atoms. The van der Waals surface area contributed by atoms with Crippen LogP contribution < -0.4 is 15.6 Å². The van der Waals surface area contributed by atoms with Gasteiger partial charge in [-0.25, -0.2) is 9.20 Å². The van der Waals surface area contributed by atoms with Crippen LogP contribution in [0.2, 0.25) is 0 Å². The first kappa shape index (κ1) is 20.3. The van der Waals surface area contributed by atoms with E-state index in [0.29, 0.717) is 24.3 Å². The molecule has 4 aromatic rings. The quantitative estimate of drug-likeness (QED) is 0.476. The minimum atomic E-state index is -0.163. The van der Waals surface area contributed by atoms with Crippen LogP contribution in [0.1, 0.15) is 13.3 Å². The van der Waals surface area contributed by atoms with E-state index in [2.05, 4.69) is 38.5 Å². The van der Waals surface area contributed by atoms with Crippen LogP contribution in [0.4, 0.5) is 11.6 Å². The fourth-order valence-electron chi connectivity index (χ4n) is 4.04. The van der Waals surface area contributed by atoms with Crippen LogP contribution in [0.25, 0.3) is 16.8 Å². The highest BCUT2D eigenvalue weighted by Gasteiger charge is 2.27. The van der Waals surface area contributed by atoms with E-state index in [1.165, 1.54) is 17.2 Å². The van der Waals surface area contributed by atoms with Gasteiger partial charge in [-0.3, -0.25) is 14.4 Å². The minimum absolute atomic E-state index is 0.163. The Bertz CT molecular complexity index is 1320. The minimum Gasteiger partial charge on any atom is -0.488 e. The summed E-state index contributed by atoms with van der Waals surface area (Å²) in [6, 6.07) is 9.57. The second kappa shape index (κ2) is 8.12. The molecule has 1 fully saturated rings. The van der Waals surface area contributed by atoms with Crippen molar-refractivity contribution in [3.63, 3.8) is 0 Å². The van der Waals surface area contributed by atoms with Gasteiger partial charge < -0.3 is 10.1 Å². The van der Waals surface area contributed by atoms with Crippen molar-refractivity contribution in [1.82, 2.24) is 34.1 Å². The number of aromatic nitrogens is 6. The number of ether oxygens (including phenoxy) is 1. The zero-order valence-corrected chi connectivity index (χ0v) is 18.4. The van der Waals surface area contributed by atoms with Gasteiger partial charge in [-0.15, -0.1) is 0 Å². The molecule has 166 valence electrons. The number of pyridine rings is 1. The molecule has 1 aliphatic heterocycles. The lowest BCUT2D eigenvalue weighted by atomic mass is 10.0. The van der Waals surface area contributed by atoms with Crippen molar-refractivity contribution >= 4 is 17.2 Å². The first-order chi connectivity index (χ1) is 15.5. The number of hydrogen-bond donors (Lipinski definition) is 1. The van der Waals surface area contributed by atoms with Crippen LogP contribution in [0.15, 0.2) is 47.5 Å². The Kier molecular flexibility index (Phi) is 5.14. The Morgan fingerprint density at radius 2 is 2.00 bits per heavy atom. The molecule has 0 aromatic carbocycles. The van der Waals surface area contributed by atoms with Crippen LogP contribution in [0.3, 0.4) is 0 Å². The zero-order chi connectivity index (χ0) is 22.2. The first-order valence-electron chi connectivity index (χ1n) is 10.7. The molecule has 1 N–H and O–H groups in total. The van der Waals surface area contributed by atoms with Gasteiger partial charge in [0.05, 0.1) is 11.7 Å². The normalized spacial score (nSPS) is 16.3. The smallest absolute Gasteiger partial charge is 0.266 e. The number of fused-ring (bicyclic) bond motifs is 1. The number of anilines is 2. The van der Waals surface area contributed by atoms with Crippen LogP contribution in [0.5, 0.6) is 5.75 Å². The summed E-state index contributed by atoms with van der Waals surface area (Å²) in [4.78, 5) is 14.0. The lowest BCUT2D eigenvalue weighted by molar-refractivity contribution is 0.0563. The zero-order valence-electron chi connectivity index (χ0n) is 18.4. The lowest BCUT2D eigenvalue weighted by Gasteiger charge is -2.39. The van der Waals surface area contributed by atoms with Crippen molar-refractivity contribution in [2.24, 2.45) is 14.1 Å². The van der Waals surface area contributed by atoms with Crippen LogP contribution in [-0.2, 0) is 14.1 Å². The molecule has 0 aliphatic carbocycles. The third kappa shape index (κ3) is 3.73. The molecule has 10 nitrogen and oxygen atoms in total. The predicted molar refractivity (Wildman–Crippen MR) is 121 cm³/mol. The van der Waals surface area contributed by atoms with E-state index in [0.717, 1.165) is 35.6 Å². The second-order valence-electron chi connectivity index (χ2n) is 7.98. The maximum absolute atomic E-state index is 11.5. The van der Waals surface area contributed by atoms with E-state index in [1.807, 2.05) is 30.1 Å². The lowest BCUT2D eigenvalue weighted by Crippen LogP contribution is -2.50. The SMILES string of the molecule is CCN1CC[C@@H]1COc1cnn(C)c1-c1ccn2nc(Nc3ccc(=O)n(C)n3)cc2c1. The summed E-state index contributed by atoms with van der Waals surface area (Å²) in [7, 11) is 3.53. The third-order valence-corrected chi connectivity index (χ3v) is 5.96. The summed E-state index contributed by atoms with van der Waals surface area (Å²) in [5.74, 6) is 1.97. The van der Waals surface area contributed by atoms with Gasteiger partial charge in [0.1, 0.15) is 12.3 Å². The standard InChI is InChI=1S/C22H26N8O2/c1-4-29-9-8-16(29)14-32-18-13-23-28(3)22(18)15-7-10-30-17(11-15)12-20(26-30)24-19-5-6-21(31)27(2)25-19/h5-7,10-13,16H,4,8-9,14H2,1-3H3,(H,24,25,26)/t16-/m1/s1. The predicted octanol–water partition coefficient (Wildman–Crippen LogP) is 2.05. The molecule has 10 heteroatoms. The molecular weight excluding hydrogens is 408 g/mol. The van der Waals surface area contributed by atoms with Crippen LogP contribution >= 0.6 is 0 Å². The highest BCUT2D eigenvalue weighted by atomic mass is 16.5. The highest BCUT2D eigenvalue weighted by molar-refractivity contribution is 5.72. The molecule has 4 aromatic heterocycles. The Balaban J connectivity index is 1.38. The van der Waals surface area contributed by atoms with E-state index in [4.69, 9.17) is 4.74 Å². The molecule has 5 rings (SSSR count). The molecule has 5 heterocycles. The Morgan fingerprint density at radius 3 is 2.75 bits per heavy atom. The van der Waals surface area contributed by atoms with Crippen LogP contribution in [-0.4, -0.2) is 59.8 Å². The van der Waals surface area contributed by atoms with E-state index >= 15 is 0 Å². The monoisotopic (exact) mass is 434 g/mol. The van der Waals surface area contributed by atoms with Crippen molar-refractivity contribution in [2.75, 3.05) is 25.0 Å². The molecule has 0 radical (unpaired) electrons. The molecular formula is C22H26N8O2. The number of hydrogen-bond acceptors (Lipinski definition) is 7.